The second-order valence-electron chi connectivity index (χ2n) is 8.98. The first-order chi connectivity index (χ1) is 17.3. The lowest BCUT2D eigenvalue weighted by Gasteiger charge is -2.15. The van der Waals surface area contributed by atoms with E-state index >= 15 is 0 Å². The van der Waals surface area contributed by atoms with Crippen molar-refractivity contribution in [2.24, 2.45) is 0 Å². The predicted molar refractivity (Wildman–Crippen MR) is 134 cm³/mol. The molecule has 2 aromatic heterocycles. The zero-order chi connectivity index (χ0) is 25.8. The molecular formula is C29H28F2N2O3. The van der Waals surface area contributed by atoms with Crippen molar-refractivity contribution in [3.8, 4) is 0 Å². The summed E-state index contributed by atoms with van der Waals surface area (Å²) in [6, 6.07) is 14.1. The average molecular weight is 491 g/mol. The van der Waals surface area contributed by atoms with Crippen molar-refractivity contribution in [1.29, 1.82) is 0 Å². The summed E-state index contributed by atoms with van der Waals surface area (Å²) >= 11 is 0. The molecule has 0 saturated carbocycles. The minimum Gasteiger partial charge on any atom is -0.462 e. The summed E-state index contributed by atoms with van der Waals surface area (Å²) in [7, 11) is 0. The molecule has 0 atom stereocenters. The van der Waals surface area contributed by atoms with Crippen molar-refractivity contribution in [1.82, 2.24) is 9.55 Å². The third kappa shape index (κ3) is 5.35. The molecule has 0 aliphatic rings. The van der Waals surface area contributed by atoms with Crippen LogP contribution in [0.4, 0.5) is 8.78 Å². The Morgan fingerprint density at radius 1 is 1.03 bits per heavy atom. The molecular weight excluding hydrogens is 462 g/mol. The van der Waals surface area contributed by atoms with E-state index in [1.807, 2.05) is 36.6 Å². The summed E-state index contributed by atoms with van der Waals surface area (Å²) in [5.41, 5.74) is 3.75. The van der Waals surface area contributed by atoms with Gasteiger partial charge in [0.05, 0.1) is 29.9 Å². The van der Waals surface area contributed by atoms with Gasteiger partial charge in [0.2, 0.25) is 0 Å². The largest absolute Gasteiger partial charge is 0.462 e. The van der Waals surface area contributed by atoms with Crippen molar-refractivity contribution in [3.05, 3.63) is 101 Å². The summed E-state index contributed by atoms with van der Waals surface area (Å²) in [6.45, 7) is 6.44. The first-order valence-corrected chi connectivity index (χ1v) is 12.0. The van der Waals surface area contributed by atoms with Crippen LogP contribution < -0.4 is 0 Å². The monoisotopic (exact) mass is 490 g/mol. The predicted octanol–water partition coefficient (Wildman–Crippen LogP) is 6.48. The Morgan fingerprint density at radius 3 is 2.42 bits per heavy atom. The zero-order valence-electron chi connectivity index (χ0n) is 20.6. The topological polar surface area (TPSA) is 61.2 Å². The van der Waals surface area contributed by atoms with Gasteiger partial charge in [0, 0.05) is 35.3 Å². The van der Waals surface area contributed by atoms with Crippen LogP contribution in [0, 0.1) is 11.6 Å². The fourth-order valence-electron chi connectivity index (χ4n) is 4.57. The molecule has 0 spiro atoms. The lowest BCUT2D eigenvalue weighted by Crippen LogP contribution is -2.11. The SMILES string of the molecule is CCOC(=O)c1ccc2c(C(=O)CCc3cc(F)cc(F)c3)c(C(C)C)n(Cc3ccccn3)c2c1. The van der Waals surface area contributed by atoms with Gasteiger partial charge in [0.25, 0.3) is 0 Å². The Kier molecular flexibility index (Phi) is 7.58. The van der Waals surface area contributed by atoms with Crippen LogP contribution in [0.2, 0.25) is 0 Å². The van der Waals surface area contributed by atoms with Crippen LogP contribution in [0.25, 0.3) is 10.9 Å². The van der Waals surface area contributed by atoms with Crippen LogP contribution >= 0.6 is 0 Å². The van der Waals surface area contributed by atoms with Crippen LogP contribution in [-0.4, -0.2) is 27.9 Å². The number of carbonyl (C=O) groups excluding carboxylic acids is 2. The minimum atomic E-state index is -0.668. The number of rotatable bonds is 9. The van der Waals surface area contributed by atoms with Crippen LogP contribution in [0.15, 0.2) is 60.8 Å². The third-order valence-electron chi connectivity index (χ3n) is 6.05. The number of ketones is 1. The molecule has 2 heterocycles. The number of hydrogen-bond acceptors (Lipinski definition) is 4. The Labute approximate surface area is 208 Å². The zero-order valence-corrected chi connectivity index (χ0v) is 20.6. The van der Waals surface area contributed by atoms with E-state index in [-0.39, 0.29) is 31.1 Å². The number of aromatic nitrogens is 2. The molecule has 0 unspecified atom stereocenters. The molecule has 4 rings (SSSR count). The molecule has 2 aromatic carbocycles. The number of fused-ring (bicyclic) bond motifs is 1. The Bertz CT molecular complexity index is 1390. The molecule has 0 aliphatic carbocycles. The fourth-order valence-corrected chi connectivity index (χ4v) is 4.57. The standard InChI is InChI=1S/C29H28F2N2O3/c1-4-36-29(35)20-9-10-24-25(15-20)33(17-23-7-5-6-12-32-23)28(18(2)3)27(24)26(34)11-8-19-13-21(30)16-22(31)14-19/h5-7,9-10,12-16,18H,4,8,11,17H2,1-3H3. The van der Waals surface area contributed by atoms with Crippen molar-refractivity contribution in [2.75, 3.05) is 6.61 Å². The van der Waals surface area contributed by atoms with Gasteiger partial charge in [-0.05, 0) is 61.2 Å². The molecule has 0 amide bonds. The highest BCUT2D eigenvalue weighted by molar-refractivity contribution is 6.11. The Balaban J connectivity index is 1.81. The number of Topliss-reactive ketones (excluding diaryl/α,β-unsaturated/α-hetero) is 1. The minimum absolute atomic E-state index is 0.0160. The molecule has 0 radical (unpaired) electrons. The van der Waals surface area contributed by atoms with Crippen LogP contribution in [0.1, 0.15) is 70.8 Å². The van der Waals surface area contributed by atoms with E-state index in [4.69, 9.17) is 4.74 Å². The second kappa shape index (κ2) is 10.8. The second-order valence-corrected chi connectivity index (χ2v) is 8.98. The van der Waals surface area contributed by atoms with E-state index in [0.717, 1.165) is 28.4 Å². The van der Waals surface area contributed by atoms with Gasteiger partial charge in [-0.15, -0.1) is 0 Å². The highest BCUT2D eigenvalue weighted by Crippen LogP contribution is 2.34. The van der Waals surface area contributed by atoms with Gasteiger partial charge in [0.1, 0.15) is 11.6 Å². The van der Waals surface area contributed by atoms with Gasteiger partial charge < -0.3 is 9.30 Å². The van der Waals surface area contributed by atoms with Crippen LogP contribution in [0.5, 0.6) is 0 Å². The number of ether oxygens (including phenoxy) is 1. The third-order valence-corrected chi connectivity index (χ3v) is 6.05. The molecule has 36 heavy (non-hydrogen) atoms. The Morgan fingerprint density at radius 2 is 1.78 bits per heavy atom. The van der Waals surface area contributed by atoms with Crippen molar-refractivity contribution in [3.63, 3.8) is 0 Å². The summed E-state index contributed by atoms with van der Waals surface area (Å²) in [5, 5.41) is 0.720. The molecule has 5 nitrogen and oxygen atoms in total. The number of carbonyl (C=O) groups is 2. The van der Waals surface area contributed by atoms with Gasteiger partial charge in [-0.25, -0.2) is 13.6 Å². The number of nitrogens with zero attached hydrogens (tertiary/aromatic N) is 2. The average Bonchev–Trinajstić information content (AvgIpc) is 3.16. The molecule has 0 fully saturated rings. The smallest absolute Gasteiger partial charge is 0.338 e. The first kappa shape index (κ1) is 25.2. The van der Waals surface area contributed by atoms with Gasteiger partial charge in [0.15, 0.2) is 5.78 Å². The van der Waals surface area contributed by atoms with Crippen molar-refractivity contribution in [2.45, 2.75) is 46.1 Å². The van der Waals surface area contributed by atoms with E-state index in [1.54, 1.807) is 31.3 Å². The fraction of sp³-hybridized carbons (Fsp3) is 0.276. The molecule has 4 aromatic rings. The first-order valence-electron chi connectivity index (χ1n) is 12.0. The van der Waals surface area contributed by atoms with Crippen LogP contribution in [-0.2, 0) is 17.7 Å². The quantitative estimate of drug-likeness (QED) is 0.199. The number of pyridine rings is 1. The highest BCUT2D eigenvalue weighted by atomic mass is 19.1. The molecule has 0 bridgehead atoms. The van der Waals surface area contributed by atoms with Gasteiger partial charge in [-0.3, -0.25) is 9.78 Å². The molecule has 0 N–H and O–H groups in total. The summed E-state index contributed by atoms with van der Waals surface area (Å²) in [4.78, 5) is 30.5. The summed E-state index contributed by atoms with van der Waals surface area (Å²) < 4.78 is 34.5. The molecule has 0 saturated heterocycles. The summed E-state index contributed by atoms with van der Waals surface area (Å²) in [6.07, 6.45) is 2.01. The maximum absolute atomic E-state index is 13.6. The lowest BCUT2D eigenvalue weighted by atomic mass is 9.96. The Hall–Kier alpha value is -3.87. The van der Waals surface area contributed by atoms with Gasteiger partial charge in [-0.1, -0.05) is 26.0 Å². The maximum Gasteiger partial charge on any atom is 0.338 e. The van der Waals surface area contributed by atoms with Gasteiger partial charge >= 0.3 is 5.97 Å². The number of halogens is 2. The normalized spacial score (nSPS) is 11.3. The van der Waals surface area contributed by atoms with Crippen molar-refractivity contribution >= 4 is 22.7 Å². The molecule has 186 valence electrons. The van der Waals surface area contributed by atoms with Crippen molar-refractivity contribution < 1.29 is 23.1 Å². The number of benzene rings is 2. The number of aryl methyl sites for hydroxylation is 1. The van der Waals surface area contributed by atoms with E-state index in [1.165, 1.54) is 12.1 Å². The van der Waals surface area contributed by atoms with E-state index in [9.17, 15) is 18.4 Å². The maximum atomic E-state index is 13.6. The summed E-state index contributed by atoms with van der Waals surface area (Å²) in [5.74, 6) is -1.91. The highest BCUT2D eigenvalue weighted by Gasteiger charge is 2.25. The molecule has 0 aliphatic heterocycles. The number of esters is 1. The van der Waals surface area contributed by atoms with Gasteiger partial charge in [-0.2, -0.15) is 0 Å². The van der Waals surface area contributed by atoms with E-state index < -0.39 is 17.6 Å². The lowest BCUT2D eigenvalue weighted by molar-refractivity contribution is 0.0526. The number of hydrogen-bond donors (Lipinski definition) is 0. The van der Waals surface area contributed by atoms with E-state index in [0.29, 0.717) is 23.2 Å². The van der Waals surface area contributed by atoms with E-state index in [2.05, 4.69) is 4.98 Å². The molecule has 7 heteroatoms. The van der Waals surface area contributed by atoms with Crippen LogP contribution in [0.3, 0.4) is 0 Å².